The van der Waals surface area contributed by atoms with Crippen molar-refractivity contribution in [3.8, 4) is 0 Å². The maximum atomic E-state index is 15.0. The van der Waals surface area contributed by atoms with Gasteiger partial charge in [-0.05, 0) is 55.4 Å². The lowest BCUT2D eigenvalue weighted by Crippen LogP contribution is -2.57. The Hall–Kier alpha value is -8.18. The number of hydrogen-bond acceptors (Lipinski definition) is 12. The van der Waals surface area contributed by atoms with E-state index < -0.39 is 72.3 Å². The molecule has 0 radical (unpaired) electrons. The third-order valence-corrected chi connectivity index (χ3v) is 15.1. The Balaban J connectivity index is 1.66. The van der Waals surface area contributed by atoms with E-state index in [-0.39, 0.29) is 146 Å². The van der Waals surface area contributed by atoms with Gasteiger partial charge in [0.1, 0.15) is 30.2 Å². The molecule has 4 rings (SSSR count). The van der Waals surface area contributed by atoms with Crippen molar-refractivity contribution >= 4 is 70.0 Å². The number of carbonyl (C=O) groups is 10. The number of carbonyl (C=O) groups excluding carboxylic acids is 10. The molecule has 0 aliphatic carbocycles. The lowest BCUT2D eigenvalue weighted by atomic mass is 10.00. The van der Waals surface area contributed by atoms with Crippen molar-refractivity contribution in [3.05, 3.63) is 108 Å². The van der Waals surface area contributed by atoms with Crippen molar-refractivity contribution < 1.29 is 53.1 Å². The maximum Gasteiger partial charge on any atom is 0.243 e. The molecule has 10 amide bonds. The number of H-pyrrole nitrogens is 1. The summed E-state index contributed by atoms with van der Waals surface area (Å²) in [6.45, 7) is 10.8. The zero-order valence-corrected chi connectivity index (χ0v) is 51.2. The predicted molar refractivity (Wildman–Crippen MR) is 328 cm³/mol. The largest absolute Gasteiger partial charge is 0.396 e. The van der Waals surface area contributed by atoms with Gasteiger partial charge in [-0.3, -0.25) is 47.9 Å². The molecule has 0 saturated carbocycles. The van der Waals surface area contributed by atoms with E-state index in [1.165, 1.54) is 31.4 Å². The normalized spacial score (nSPS) is 12.9. The van der Waals surface area contributed by atoms with E-state index in [0.29, 0.717) is 12.0 Å². The zero-order chi connectivity index (χ0) is 63.3. The van der Waals surface area contributed by atoms with Gasteiger partial charge in [0, 0.05) is 127 Å². The molecule has 0 spiro atoms. The van der Waals surface area contributed by atoms with Crippen LogP contribution in [0.4, 0.5) is 0 Å². The van der Waals surface area contributed by atoms with Crippen LogP contribution in [0.15, 0.2) is 91.1 Å². The lowest BCUT2D eigenvalue weighted by Gasteiger charge is -2.34. The predicted octanol–water partition coefficient (Wildman–Crippen LogP) is 2.18. The molecule has 5 atom stereocenters. The molecule has 23 nitrogen and oxygen atoms in total. The molecule has 1 aromatic heterocycles. The number of nitrogens with zero attached hydrogens (tertiary/aromatic N) is 5. The number of aryl methyl sites for hydroxylation is 1. The minimum absolute atomic E-state index is 0.0198. The van der Waals surface area contributed by atoms with E-state index in [1.807, 2.05) is 86.6 Å². The number of aliphatic hydroxyl groups is 1. The van der Waals surface area contributed by atoms with Crippen LogP contribution < -0.4 is 32.7 Å². The first kappa shape index (κ1) is 70.3. The number of aromatic nitrogens is 1. The Kier molecular flexibility index (Phi) is 29.9. The zero-order valence-electron chi connectivity index (χ0n) is 51.2. The van der Waals surface area contributed by atoms with E-state index in [2.05, 4.69) is 26.3 Å². The summed E-state index contributed by atoms with van der Waals surface area (Å²) in [6.07, 6.45) is 2.34. The first-order valence-corrected chi connectivity index (χ1v) is 30.0. The highest BCUT2D eigenvalue weighted by Crippen LogP contribution is 2.22. The number of para-hydroxylation sites is 1. The first-order chi connectivity index (χ1) is 41.2. The molecule has 0 aliphatic heterocycles. The number of nitrogens with two attached hydrogens (primary N) is 2. The fraction of sp³-hybridized carbons (Fsp3) is 0.524. The summed E-state index contributed by atoms with van der Waals surface area (Å²) >= 11 is 0. The van der Waals surface area contributed by atoms with Crippen LogP contribution in [-0.2, 0) is 67.2 Å². The number of rotatable bonds is 38. The highest BCUT2D eigenvalue weighted by atomic mass is 16.3. The van der Waals surface area contributed by atoms with Gasteiger partial charge in [-0.15, -0.1) is 0 Å². The summed E-state index contributed by atoms with van der Waals surface area (Å²) in [7, 11) is 0. The number of benzene rings is 3. The molecule has 23 heteroatoms. The van der Waals surface area contributed by atoms with Crippen molar-refractivity contribution in [1.82, 2.24) is 50.8 Å². The molecule has 3 aromatic carbocycles. The Labute approximate surface area is 505 Å². The smallest absolute Gasteiger partial charge is 0.243 e. The molecule has 0 saturated heterocycles. The molecule has 0 unspecified atom stereocenters. The average Bonchev–Trinajstić information content (AvgIpc) is 3.07. The van der Waals surface area contributed by atoms with E-state index in [4.69, 9.17) is 11.5 Å². The fourth-order valence-corrected chi connectivity index (χ4v) is 10.3. The van der Waals surface area contributed by atoms with Gasteiger partial charge < -0.3 is 67.3 Å². The van der Waals surface area contributed by atoms with Crippen molar-refractivity contribution in [3.63, 3.8) is 0 Å². The van der Waals surface area contributed by atoms with Gasteiger partial charge in [-0.25, -0.2) is 0 Å². The molecule has 1 heterocycles. The fourth-order valence-electron chi connectivity index (χ4n) is 10.3. The highest BCUT2D eigenvalue weighted by Gasteiger charge is 2.35. The molecule has 0 bridgehead atoms. The quantitative estimate of drug-likeness (QED) is 0.0320. The van der Waals surface area contributed by atoms with E-state index in [1.54, 1.807) is 46.0 Å². The average molecular weight is 1190 g/mol. The maximum absolute atomic E-state index is 15.0. The SMILES string of the molecule is CCC(=O)N(CCNC(=O)[C@H](CC(C)C)N(CCNC(=O)[C@H](Cc1c[nH]c2ccccc12)N(CCNC(=O)[C@H](Cc1ccccc1)N(CCNC(=O)[C@H](C)N(CCN)C(=O)CC)C(=O)CC)C(=O)CCO)C(=O)CCc1ccccc1)[C@@H](C)C(N)=O. The van der Waals surface area contributed by atoms with Crippen LogP contribution in [-0.4, -0.2) is 196 Å². The van der Waals surface area contributed by atoms with Crippen LogP contribution in [0.25, 0.3) is 10.9 Å². The van der Waals surface area contributed by atoms with Gasteiger partial charge in [-0.1, -0.05) is 113 Å². The molecule has 10 N–H and O–H groups in total. The van der Waals surface area contributed by atoms with Gasteiger partial charge in [0.05, 0.1) is 6.61 Å². The number of aromatic amines is 1. The topological polar surface area (TPSA) is 323 Å². The minimum atomic E-state index is -1.25. The summed E-state index contributed by atoms with van der Waals surface area (Å²) < 4.78 is 0. The summed E-state index contributed by atoms with van der Waals surface area (Å²) in [5, 5.41) is 22.5. The number of amides is 10. The number of fused-ring (bicyclic) bond motifs is 1. The van der Waals surface area contributed by atoms with E-state index in [0.717, 1.165) is 22.0 Å². The second-order valence-electron chi connectivity index (χ2n) is 21.6. The summed E-state index contributed by atoms with van der Waals surface area (Å²) in [5.74, 6) is -4.87. The number of nitrogens with one attached hydrogen (secondary N) is 5. The van der Waals surface area contributed by atoms with Crippen LogP contribution in [0.3, 0.4) is 0 Å². The molecule has 86 heavy (non-hydrogen) atoms. The number of aliphatic hydroxyl groups excluding tert-OH is 1. The van der Waals surface area contributed by atoms with Crippen molar-refractivity contribution in [1.29, 1.82) is 0 Å². The van der Waals surface area contributed by atoms with Crippen molar-refractivity contribution in [2.75, 3.05) is 72.1 Å². The van der Waals surface area contributed by atoms with Crippen LogP contribution in [0.5, 0.6) is 0 Å². The van der Waals surface area contributed by atoms with Crippen LogP contribution in [0.1, 0.15) is 104 Å². The molecule has 4 aromatic rings. The molecular weight excluding hydrogens is 1100 g/mol. The van der Waals surface area contributed by atoms with Crippen LogP contribution in [0, 0.1) is 5.92 Å². The number of primary amides is 1. The van der Waals surface area contributed by atoms with E-state index in [9.17, 15) is 53.1 Å². The lowest BCUT2D eigenvalue weighted by molar-refractivity contribution is -0.143. The Morgan fingerprint density at radius 1 is 0.500 bits per heavy atom. The van der Waals surface area contributed by atoms with Gasteiger partial charge >= 0.3 is 0 Å². The highest BCUT2D eigenvalue weighted by molar-refractivity contribution is 5.92. The second-order valence-corrected chi connectivity index (χ2v) is 21.6. The third-order valence-electron chi connectivity index (χ3n) is 15.1. The summed E-state index contributed by atoms with van der Waals surface area (Å²) in [4.78, 5) is 148. The molecule has 470 valence electrons. The summed E-state index contributed by atoms with van der Waals surface area (Å²) in [5.41, 5.74) is 14.4. The van der Waals surface area contributed by atoms with Crippen LogP contribution >= 0.6 is 0 Å². The van der Waals surface area contributed by atoms with Gasteiger partial charge in [-0.2, -0.15) is 0 Å². The van der Waals surface area contributed by atoms with Crippen LogP contribution in [0.2, 0.25) is 0 Å². The summed E-state index contributed by atoms with van der Waals surface area (Å²) in [6, 6.07) is 20.7. The Bertz CT molecular complexity index is 2850. The first-order valence-electron chi connectivity index (χ1n) is 30.0. The Morgan fingerprint density at radius 2 is 0.930 bits per heavy atom. The van der Waals surface area contributed by atoms with Crippen molar-refractivity contribution in [2.24, 2.45) is 17.4 Å². The third kappa shape index (κ3) is 21.4. The molecular formula is C63H92N12O11. The number of hydrogen-bond donors (Lipinski definition) is 8. The molecule has 0 fully saturated rings. The van der Waals surface area contributed by atoms with Gasteiger partial charge in [0.2, 0.25) is 59.1 Å². The monoisotopic (exact) mass is 1190 g/mol. The second kappa shape index (κ2) is 36.6. The Morgan fingerprint density at radius 3 is 1.44 bits per heavy atom. The minimum Gasteiger partial charge on any atom is -0.396 e. The van der Waals surface area contributed by atoms with Gasteiger partial charge in [0.15, 0.2) is 0 Å². The van der Waals surface area contributed by atoms with Gasteiger partial charge in [0.25, 0.3) is 0 Å². The van der Waals surface area contributed by atoms with Crippen molar-refractivity contribution in [2.45, 2.75) is 136 Å². The van der Waals surface area contributed by atoms with E-state index >= 15 is 0 Å². The standard InChI is InChI=1S/C63H92N12O11/c1-8-54(77)71(33-28-64)45(7)60(83)66-30-35-73(56(79)10-3)52(40-47-21-15-12-16-22-47)62(85)68-32-37-75(58(81)27-38-76)53(41-48-42-70-50-24-18-17-23-49(48)50)63(86)69-31-36-74(57(80)26-25-46-19-13-11-14-20-46)51(39-43(4)5)61(84)67-29-34-72(55(78)9-2)44(6)59(65)82/h11-24,42-45,51-53,70,76H,8-10,25-41,64H2,1-7H3,(H2,65,82)(H,66,83)(H,67,84)(H,68,85)(H,69,86)/t44-,45-,51-,52-,53-/m0/s1. The molecule has 0 aliphatic rings.